The number of H-pyrrole nitrogens is 1. The van der Waals surface area contributed by atoms with Crippen LogP contribution in [0.25, 0.3) is 10.9 Å². The monoisotopic (exact) mass is 274 g/mol. The normalized spacial score (nSPS) is 18.1. The molecule has 1 aromatic heterocycles. The molecule has 0 radical (unpaired) electrons. The van der Waals surface area contributed by atoms with Crippen LogP contribution in [0, 0.1) is 5.82 Å². The summed E-state index contributed by atoms with van der Waals surface area (Å²) < 4.78 is 13.2. The van der Waals surface area contributed by atoms with E-state index in [-0.39, 0.29) is 5.82 Å². The van der Waals surface area contributed by atoms with Crippen LogP contribution in [0.5, 0.6) is 0 Å². The number of halogens is 1. The summed E-state index contributed by atoms with van der Waals surface area (Å²) in [5.74, 6) is -0.182. The summed E-state index contributed by atoms with van der Waals surface area (Å²) in [6.07, 6.45) is 9.42. The maximum absolute atomic E-state index is 13.2. The van der Waals surface area contributed by atoms with E-state index in [0.717, 1.165) is 23.1 Å². The molecule has 2 nitrogen and oxygen atoms in total. The molecule has 0 unspecified atom stereocenters. The summed E-state index contributed by atoms with van der Waals surface area (Å²) in [4.78, 5) is 3.30. The molecule has 0 amide bonds. The third-order valence-electron chi connectivity index (χ3n) is 4.33. The van der Waals surface area contributed by atoms with Crippen LogP contribution in [0.1, 0.15) is 50.6 Å². The molecule has 3 rings (SSSR count). The Bertz CT molecular complexity index is 553. The highest BCUT2D eigenvalue weighted by Crippen LogP contribution is 2.19. The van der Waals surface area contributed by atoms with Crippen molar-refractivity contribution < 1.29 is 4.39 Å². The second-order valence-corrected chi connectivity index (χ2v) is 5.95. The fraction of sp³-hybridized carbons (Fsp3) is 0.529. The Labute approximate surface area is 119 Å². The summed E-state index contributed by atoms with van der Waals surface area (Å²) in [6.45, 7) is 0.848. The molecule has 0 bridgehead atoms. The lowest BCUT2D eigenvalue weighted by atomic mass is 9.97. The first-order valence-corrected chi connectivity index (χ1v) is 7.82. The van der Waals surface area contributed by atoms with Gasteiger partial charge in [-0.15, -0.1) is 0 Å². The minimum Gasteiger partial charge on any atom is -0.357 e. The molecule has 3 heteroatoms. The van der Waals surface area contributed by atoms with Gasteiger partial charge in [-0.1, -0.05) is 32.1 Å². The van der Waals surface area contributed by atoms with Crippen molar-refractivity contribution in [1.82, 2.24) is 10.3 Å². The van der Waals surface area contributed by atoms with Crippen LogP contribution in [0.3, 0.4) is 0 Å². The number of nitrogens with one attached hydrogen (secondary N) is 2. The van der Waals surface area contributed by atoms with E-state index < -0.39 is 0 Å². The van der Waals surface area contributed by atoms with Gasteiger partial charge in [0.25, 0.3) is 0 Å². The van der Waals surface area contributed by atoms with Crippen molar-refractivity contribution in [2.24, 2.45) is 0 Å². The van der Waals surface area contributed by atoms with Crippen molar-refractivity contribution in [3.8, 4) is 0 Å². The lowest BCUT2D eigenvalue weighted by Gasteiger charge is -2.20. The van der Waals surface area contributed by atoms with E-state index in [1.54, 1.807) is 6.07 Å². The van der Waals surface area contributed by atoms with Gasteiger partial charge < -0.3 is 10.3 Å². The van der Waals surface area contributed by atoms with Gasteiger partial charge in [-0.05, 0) is 42.5 Å². The predicted octanol–water partition coefficient (Wildman–Crippen LogP) is 4.51. The molecule has 1 aliphatic rings. The molecule has 0 atom stereocenters. The lowest BCUT2D eigenvalue weighted by Crippen LogP contribution is -2.29. The van der Waals surface area contributed by atoms with Gasteiger partial charge in [0, 0.05) is 23.8 Å². The molecule has 0 spiro atoms. The first kappa shape index (κ1) is 13.6. The Morgan fingerprint density at radius 3 is 2.60 bits per heavy atom. The van der Waals surface area contributed by atoms with E-state index in [4.69, 9.17) is 0 Å². The summed E-state index contributed by atoms with van der Waals surface area (Å²) >= 11 is 0. The molecular formula is C17H23FN2. The number of rotatable bonds is 3. The Kier molecular flexibility index (Phi) is 4.36. The molecule has 1 heterocycles. The maximum Gasteiger partial charge on any atom is 0.125 e. The molecule has 108 valence electrons. The Morgan fingerprint density at radius 2 is 1.80 bits per heavy atom. The fourth-order valence-electron chi connectivity index (χ4n) is 3.17. The molecule has 1 aliphatic carbocycles. The second kappa shape index (κ2) is 6.40. The fourth-order valence-corrected chi connectivity index (χ4v) is 3.17. The Hall–Kier alpha value is -1.35. The molecule has 0 saturated heterocycles. The second-order valence-electron chi connectivity index (χ2n) is 5.95. The zero-order valence-corrected chi connectivity index (χ0v) is 11.9. The molecule has 0 aliphatic heterocycles. The summed E-state index contributed by atoms with van der Waals surface area (Å²) in [7, 11) is 0. The van der Waals surface area contributed by atoms with Gasteiger partial charge in [0.05, 0.1) is 0 Å². The van der Waals surface area contributed by atoms with Crippen molar-refractivity contribution >= 4 is 10.9 Å². The van der Waals surface area contributed by atoms with Crippen LogP contribution in [-0.4, -0.2) is 11.0 Å². The highest BCUT2D eigenvalue weighted by Gasteiger charge is 2.11. The Balaban J connectivity index is 1.60. The molecule has 2 N–H and O–H groups in total. The summed E-state index contributed by atoms with van der Waals surface area (Å²) in [5, 5.41) is 4.74. The van der Waals surface area contributed by atoms with Crippen LogP contribution in [0.4, 0.5) is 4.39 Å². The number of hydrogen-bond acceptors (Lipinski definition) is 1. The van der Waals surface area contributed by atoms with Crippen LogP contribution in [-0.2, 0) is 6.54 Å². The van der Waals surface area contributed by atoms with Gasteiger partial charge in [0.2, 0.25) is 0 Å². The third-order valence-corrected chi connectivity index (χ3v) is 4.33. The van der Waals surface area contributed by atoms with Gasteiger partial charge in [0.1, 0.15) is 5.82 Å². The van der Waals surface area contributed by atoms with E-state index in [9.17, 15) is 4.39 Å². The molecular weight excluding hydrogens is 251 g/mol. The average molecular weight is 274 g/mol. The Morgan fingerprint density at radius 1 is 1.05 bits per heavy atom. The highest BCUT2D eigenvalue weighted by atomic mass is 19.1. The van der Waals surface area contributed by atoms with Crippen LogP contribution in [0.2, 0.25) is 0 Å². The number of fused-ring (bicyclic) bond motifs is 1. The van der Waals surface area contributed by atoms with Crippen LogP contribution in [0.15, 0.2) is 24.3 Å². The van der Waals surface area contributed by atoms with Crippen LogP contribution >= 0.6 is 0 Å². The van der Waals surface area contributed by atoms with Crippen molar-refractivity contribution in [1.29, 1.82) is 0 Å². The quantitative estimate of drug-likeness (QED) is 0.846. The van der Waals surface area contributed by atoms with Crippen molar-refractivity contribution in [2.45, 2.75) is 57.5 Å². The van der Waals surface area contributed by atoms with Gasteiger partial charge in [-0.25, -0.2) is 4.39 Å². The minimum atomic E-state index is -0.182. The van der Waals surface area contributed by atoms with Gasteiger partial charge in [-0.2, -0.15) is 0 Å². The molecule has 20 heavy (non-hydrogen) atoms. The van der Waals surface area contributed by atoms with E-state index in [1.165, 1.54) is 51.0 Å². The topological polar surface area (TPSA) is 27.8 Å². The third kappa shape index (κ3) is 3.40. The van der Waals surface area contributed by atoms with Gasteiger partial charge >= 0.3 is 0 Å². The number of aromatic nitrogens is 1. The first-order valence-electron chi connectivity index (χ1n) is 7.82. The number of hydrogen-bond donors (Lipinski definition) is 2. The molecule has 1 aromatic carbocycles. The van der Waals surface area contributed by atoms with Crippen LogP contribution < -0.4 is 5.32 Å². The lowest BCUT2D eigenvalue weighted by molar-refractivity contribution is 0.388. The maximum atomic E-state index is 13.2. The highest BCUT2D eigenvalue weighted by molar-refractivity contribution is 5.80. The van der Waals surface area contributed by atoms with Gasteiger partial charge in [0.15, 0.2) is 0 Å². The zero-order chi connectivity index (χ0) is 13.8. The number of aromatic amines is 1. The molecule has 1 fully saturated rings. The van der Waals surface area contributed by atoms with E-state index in [1.807, 2.05) is 6.07 Å². The molecule has 1 saturated carbocycles. The van der Waals surface area contributed by atoms with E-state index in [2.05, 4.69) is 16.4 Å². The minimum absolute atomic E-state index is 0.182. The smallest absolute Gasteiger partial charge is 0.125 e. The zero-order valence-electron chi connectivity index (χ0n) is 11.9. The van der Waals surface area contributed by atoms with E-state index in [0.29, 0.717) is 6.04 Å². The number of benzene rings is 1. The van der Waals surface area contributed by atoms with Crippen molar-refractivity contribution in [3.63, 3.8) is 0 Å². The predicted molar refractivity (Wildman–Crippen MR) is 81.2 cm³/mol. The summed E-state index contributed by atoms with van der Waals surface area (Å²) in [6, 6.07) is 7.67. The van der Waals surface area contributed by atoms with Crippen molar-refractivity contribution in [2.75, 3.05) is 0 Å². The first-order chi connectivity index (χ1) is 9.81. The standard InChI is InChI=1S/C17H23FN2/c18-14-9-8-13-10-16(20-17(13)11-14)12-19-15-6-4-2-1-3-5-7-15/h8-11,15,19-20H,1-7,12H2. The van der Waals surface area contributed by atoms with Crippen molar-refractivity contribution in [3.05, 3.63) is 35.8 Å². The summed E-state index contributed by atoms with van der Waals surface area (Å²) in [5.41, 5.74) is 2.03. The largest absolute Gasteiger partial charge is 0.357 e. The van der Waals surface area contributed by atoms with Gasteiger partial charge in [-0.3, -0.25) is 0 Å². The van der Waals surface area contributed by atoms with E-state index >= 15 is 0 Å². The average Bonchev–Trinajstić information content (AvgIpc) is 2.79. The SMILES string of the molecule is Fc1ccc2cc(CNC3CCCCCCC3)[nH]c2c1. The molecule has 2 aromatic rings.